The number of hydrogen-bond donors (Lipinski definition) is 0. The van der Waals surface area contributed by atoms with Crippen LogP contribution in [0.3, 0.4) is 0 Å². The van der Waals surface area contributed by atoms with Crippen molar-refractivity contribution in [2.24, 2.45) is 0 Å². The molecule has 106 valence electrons. The predicted molar refractivity (Wildman–Crippen MR) is 70.3 cm³/mol. The van der Waals surface area contributed by atoms with E-state index in [1.165, 1.54) is 23.1 Å². The van der Waals surface area contributed by atoms with Crippen LogP contribution in [-0.2, 0) is 9.53 Å². The Balaban J connectivity index is 1.85. The van der Waals surface area contributed by atoms with Gasteiger partial charge in [0.05, 0.1) is 30.5 Å². The fourth-order valence-corrected chi connectivity index (χ4v) is 2.63. The number of hydrogen-bond acceptors (Lipinski definition) is 4. The van der Waals surface area contributed by atoms with Crippen molar-refractivity contribution in [3.63, 3.8) is 0 Å². The molecule has 1 atom stereocenters. The lowest BCUT2D eigenvalue weighted by molar-refractivity contribution is -0.115. The van der Waals surface area contributed by atoms with Crippen molar-refractivity contribution in [1.29, 1.82) is 0 Å². The van der Waals surface area contributed by atoms with Gasteiger partial charge in [-0.2, -0.15) is 0 Å². The first kappa shape index (κ1) is 13.2. The summed E-state index contributed by atoms with van der Waals surface area (Å²) in [6.45, 7) is 2.38. The highest BCUT2D eigenvalue weighted by Gasteiger charge is 2.37. The molecule has 0 aliphatic carbocycles. The van der Waals surface area contributed by atoms with Gasteiger partial charge >= 0.3 is 0 Å². The van der Waals surface area contributed by atoms with Gasteiger partial charge in [-0.1, -0.05) is 0 Å². The average Bonchev–Trinajstić information content (AvgIpc) is 2.64. The van der Waals surface area contributed by atoms with Gasteiger partial charge < -0.3 is 14.5 Å². The fraction of sp³-hybridized carbons (Fsp3) is 0.429. The van der Waals surface area contributed by atoms with Crippen LogP contribution in [-0.4, -0.2) is 56.0 Å². The molecular weight excluding hydrogens is 263 g/mol. The molecule has 3 rings (SSSR count). The minimum Gasteiger partial charge on any atom is -0.374 e. The second kappa shape index (κ2) is 4.96. The van der Waals surface area contributed by atoms with E-state index in [0.717, 1.165) is 6.54 Å². The van der Waals surface area contributed by atoms with E-state index in [1.54, 1.807) is 0 Å². The number of ketones is 1. The molecule has 5 nitrogen and oxygen atoms in total. The third kappa shape index (κ3) is 2.21. The van der Waals surface area contributed by atoms with Crippen LogP contribution in [0.5, 0.6) is 0 Å². The summed E-state index contributed by atoms with van der Waals surface area (Å²) in [5.74, 6) is -1.65. The Morgan fingerprint density at radius 1 is 1.40 bits per heavy atom. The van der Waals surface area contributed by atoms with Gasteiger partial charge in [-0.15, -0.1) is 0 Å². The van der Waals surface area contributed by atoms with Crippen molar-refractivity contribution in [1.82, 2.24) is 4.90 Å². The third-order valence-corrected chi connectivity index (χ3v) is 3.66. The van der Waals surface area contributed by atoms with Crippen LogP contribution < -0.4 is 4.90 Å². The van der Waals surface area contributed by atoms with E-state index in [2.05, 4.69) is 4.90 Å². The van der Waals surface area contributed by atoms with Crippen molar-refractivity contribution in [2.75, 3.05) is 38.2 Å². The van der Waals surface area contributed by atoms with E-state index in [0.29, 0.717) is 18.8 Å². The molecule has 6 heteroatoms. The maximum Gasteiger partial charge on any atom is 0.299 e. The van der Waals surface area contributed by atoms with Gasteiger partial charge in [-0.25, -0.2) is 4.39 Å². The molecule has 20 heavy (non-hydrogen) atoms. The maximum atomic E-state index is 13.3. The molecule has 1 aromatic carbocycles. The first-order valence-corrected chi connectivity index (χ1v) is 6.52. The molecule has 1 unspecified atom stereocenters. The number of nitrogens with zero attached hydrogens (tertiary/aromatic N) is 2. The number of likely N-dealkylation sites (N-methyl/N-ethyl adjacent to an activating group) is 1. The standard InChI is InChI=1S/C14H15FN2O3/c1-16-4-5-20-10(7-16)8-17-12-6-9(15)2-3-11(12)13(18)14(17)19/h2-3,6,10H,4-5,7-8H2,1H3. The summed E-state index contributed by atoms with van der Waals surface area (Å²) in [6, 6.07) is 3.78. The Morgan fingerprint density at radius 2 is 2.20 bits per heavy atom. The lowest BCUT2D eigenvalue weighted by atomic mass is 10.1. The van der Waals surface area contributed by atoms with Gasteiger partial charge in [0.25, 0.3) is 11.7 Å². The van der Waals surface area contributed by atoms with Gasteiger partial charge in [0.15, 0.2) is 0 Å². The lowest BCUT2D eigenvalue weighted by Crippen LogP contribution is -2.47. The molecule has 0 spiro atoms. The molecule has 1 fully saturated rings. The number of anilines is 1. The van der Waals surface area contributed by atoms with E-state index < -0.39 is 17.5 Å². The molecule has 0 radical (unpaired) electrons. The van der Waals surface area contributed by atoms with Gasteiger partial charge in [0.1, 0.15) is 5.82 Å². The van der Waals surface area contributed by atoms with E-state index in [9.17, 15) is 14.0 Å². The number of benzene rings is 1. The Bertz CT molecular complexity index is 576. The van der Waals surface area contributed by atoms with Crippen molar-refractivity contribution in [3.8, 4) is 0 Å². The SMILES string of the molecule is CN1CCOC(CN2C(=O)C(=O)c3ccc(F)cc32)C1. The number of Topliss-reactive ketones (excluding diaryl/α,β-unsaturated/α-hetero) is 1. The minimum atomic E-state index is -0.609. The first-order chi connectivity index (χ1) is 9.56. The van der Waals surface area contributed by atoms with Gasteiger partial charge in [-0.05, 0) is 25.2 Å². The molecule has 1 aromatic rings. The topological polar surface area (TPSA) is 49.9 Å². The number of amides is 1. The largest absolute Gasteiger partial charge is 0.374 e. The maximum absolute atomic E-state index is 13.3. The molecule has 0 bridgehead atoms. The summed E-state index contributed by atoms with van der Waals surface area (Å²) in [5, 5.41) is 0. The first-order valence-electron chi connectivity index (χ1n) is 6.52. The molecule has 0 N–H and O–H groups in total. The number of morpholine rings is 1. The number of halogens is 1. The van der Waals surface area contributed by atoms with Crippen LogP contribution in [0.25, 0.3) is 0 Å². The van der Waals surface area contributed by atoms with Gasteiger partial charge in [-0.3, -0.25) is 9.59 Å². The summed E-state index contributed by atoms with van der Waals surface area (Å²) in [7, 11) is 1.97. The summed E-state index contributed by atoms with van der Waals surface area (Å²) in [6.07, 6.45) is -0.167. The zero-order valence-corrected chi connectivity index (χ0v) is 11.1. The van der Waals surface area contributed by atoms with Crippen LogP contribution >= 0.6 is 0 Å². The number of ether oxygens (including phenoxy) is 1. The minimum absolute atomic E-state index is 0.167. The summed E-state index contributed by atoms with van der Waals surface area (Å²) in [5.41, 5.74) is 0.609. The zero-order valence-electron chi connectivity index (χ0n) is 11.1. The Morgan fingerprint density at radius 3 is 2.95 bits per heavy atom. The average molecular weight is 278 g/mol. The molecule has 0 saturated carbocycles. The molecule has 0 aromatic heterocycles. The zero-order chi connectivity index (χ0) is 14.3. The van der Waals surface area contributed by atoms with Crippen molar-refractivity contribution in [2.45, 2.75) is 6.10 Å². The third-order valence-electron chi connectivity index (χ3n) is 3.66. The summed E-state index contributed by atoms with van der Waals surface area (Å²) in [4.78, 5) is 27.3. The lowest BCUT2D eigenvalue weighted by Gasteiger charge is -2.32. The highest BCUT2D eigenvalue weighted by atomic mass is 19.1. The van der Waals surface area contributed by atoms with E-state index >= 15 is 0 Å². The second-order valence-corrected chi connectivity index (χ2v) is 5.16. The van der Waals surface area contributed by atoms with E-state index in [4.69, 9.17) is 4.74 Å². The van der Waals surface area contributed by atoms with Crippen molar-refractivity contribution < 1.29 is 18.7 Å². The van der Waals surface area contributed by atoms with Crippen molar-refractivity contribution in [3.05, 3.63) is 29.6 Å². The molecule has 1 amide bonds. The molecule has 2 heterocycles. The Hall–Kier alpha value is -1.79. The van der Waals surface area contributed by atoms with Crippen LogP contribution in [0.2, 0.25) is 0 Å². The number of carbonyl (C=O) groups excluding carboxylic acids is 2. The quantitative estimate of drug-likeness (QED) is 0.747. The number of rotatable bonds is 2. The van der Waals surface area contributed by atoms with Crippen LogP contribution in [0.4, 0.5) is 10.1 Å². The number of carbonyl (C=O) groups is 2. The smallest absolute Gasteiger partial charge is 0.299 e. The predicted octanol–water partition coefficient (Wildman–Crippen LogP) is 0.686. The van der Waals surface area contributed by atoms with Crippen LogP contribution in [0.1, 0.15) is 10.4 Å². The van der Waals surface area contributed by atoms with E-state index in [1.807, 2.05) is 7.05 Å². The molecule has 2 aliphatic rings. The summed E-state index contributed by atoms with van der Waals surface area (Å²) >= 11 is 0. The molecule has 1 saturated heterocycles. The molecule has 2 aliphatic heterocycles. The number of fused-ring (bicyclic) bond motifs is 1. The Labute approximate surface area is 115 Å². The fourth-order valence-electron chi connectivity index (χ4n) is 2.63. The van der Waals surface area contributed by atoms with Gasteiger partial charge in [0.2, 0.25) is 0 Å². The van der Waals surface area contributed by atoms with Gasteiger partial charge in [0, 0.05) is 13.1 Å². The molecular formula is C14H15FN2O3. The van der Waals surface area contributed by atoms with Crippen LogP contribution in [0, 0.1) is 5.82 Å². The van der Waals surface area contributed by atoms with Crippen LogP contribution in [0.15, 0.2) is 18.2 Å². The highest BCUT2D eigenvalue weighted by molar-refractivity contribution is 6.52. The second-order valence-electron chi connectivity index (χ2n) is 5.16. The highest BCUT2D eigenvalue weighted by Crippen LogP contribution is 2.30. The van der Waals surface area contributed by atoms with Crippen molar-refractivity contribution >= 4 is 17.4 Å². The monoisotopic (exact) mass is 278 g/mol. The van der Waals surface area contributed by atoms with E-state index in [-0.39, 0.29) is 18.2 Å². The normalized spacial score (nSPS) is 23.3. The Kier molecular flexibility index (Phi) is 3.27. The summed E-state index contributed by atoms with van der Waals surface area (Å²) < 4.78 is 18.9.